The third kappa shape index (κ3) is 4.20. The van der Waals surface area contributed by atoms with Crippen molar-refractivity contribution in [2.75, 3.05) is 26.7 Å². The van der Waals surface area contributed by atoms with Crippen LogP contribution in [0.4, 0.5) is 0 Å². The molecule has 8 heteroatoms. The molecule has 0 bridgehead atoms. The van der Waals surface area contributed by atoms with Gasteiger partial charge in [0.1, 0.15) is 12.6 Å². The minimum atomic E-state index is -0.533. The second-order valence-electron chi connectivity index (χ2n) is 7.50. The summed E-state index contributed by atoms with van der Waals surface area (Å²) in [7, 11) is 1.72. The molecule has 2 aromatic carbocycles. The number of hydrogen-bond donors (Lipinski definition) is 0. The van der Waals surface area contributed by atoms with Gasteiger partial charge in [0.15, 0.2) is 17.6 Å². The minimum Gasteiger partial charge on any atom is -0.486 e. The van der Waals surface area contributed by atoms with Crippen molar-refractivity contribution >= 4 is 35.0 Å². The van der Waals surface area contributed by atoms with E-state index < -0.39 is 6.04 Å². The van der Waals surface area contributed by atoms with Crippen LogP contribution in [0.15, 0.2) is 42.5 Å². The number of para-hydroxylation sites is 2. The number of likely N-dealkylation sites (tertiary alicyclic amines) is 1. The number of carbonyl (C=O) groups is 2. The maximum atomic E-state index is 13.1. The lowest BCUT2D eigenvalue weighted by molar-refractivity contribution is -0.135. The van der Waals surface area contributed by atoms with Gasteiger partial charge in [0.05, 0.1) is 17.1 Å². The van der Waals surface area contributed by atoms with Crippen LogP contribution in [-0.4, -0.2) is 60.5 Å². The maximum Gasteiger partial charge on any atom is 0.256 e. The third-order valence-corrected chi connectivity index (χ3v) is 5.94. The van der Waals surface area contributed by atoms with E-state index in [9.17, 15) is 9.59 Å². The Kier molecular flexibility index (Phi) is 6.06. The number of halogens is 2. The van der Waals surface area contributed by atoms with Crippen LogP contribution >= 0.6 is 23.2 Å². The summed E-state index contributed by atoms with van der Waals surface area (Å²) in [5.41, 5.74) is 0.312. The first-order valence-corrected chi connectivity index (χ1v) is 10.6. The minimum absolute atomic E-state index is 0.124. The molecule has 30 heavy (non-hydrogen) atoms. The van der Waals surface area contributed by atoms with Crippen molar-refractivity contribution in [1.29, 1.82) is 0 Å². The van der Waals surface area contributed by atoms with Crippen LogP contribution in [0.5, 0.6) is 11.5 Å². The van der Waals surface area contributed by atoms with Gasteiger partial charge in [-0.25, -0.2) is 0 Å². The molecule has 2 atom stereocenters. The lowest BCUT2D eigenvalue weighted by atomic mass is 10.1. The highest BCUT2D eigenvalue weighted by Gasteiger charge is 2.37. The van der Waals surface area contributed by atoms with Gasteiger partial charge in [0.2, 0.25) is 5.91 Å². The molecule has 2 aliphatic rings. The van der Waals surface area contributed by atoms with E-state index in [2.05, 4.69) is 0 Å². The van der Waals surface area contributed by atoms with Gasteiger partial charge >= 0.3 is 0 Å². The smallest absolute Gasteiger partial charge is 0.256 e. The average Bonchev–Trinajstić information content (AvgIpc) is 3.24. The molecule has 158 valence electrons. The van der Waals surface area contributed by atoms with Crippen molar-refractivity contribution in [1.82, 2.24) is 9.80 Å². The number of hydrogen-bond acceptors (Lipinski definition) is 4. The van der Waals surface area contributed by atoms with Gasteiger partial charge in [-0.05, 0) is 43.2 Å². The molecule has 1 fully saturated rings. The van der Waals surface area contributed by atoms with Crippen molar-refractivity contribution in [3.63, 3.8) is 0 Å². The Hall–Kier alpha value is -2.44. The Morgan fingerprint density at radius 3 is 2.73 bits per heavy atom. The van der Waals surface area contributed by atoms with Crippen LogP contribution < -0.4 is 9.47 Å². The lowest BCUT2D eigenvalue weighted by Gasteiger charge is -2.32. The lowest BCUT2D eigenvalue weighted by Crippen LogP contribution is -2.50. The van der Waals surface area contributed by atoms with Crippen LogP contribution in [0, 0.1) is 0 Å². The molecular weight excluding hydrogens is 427 g/mol. The van der Waals surface area contributed by atoms with Gasteiger partial charge in [-0.1, -0.05) is 35.3 Å². The summed E-state index contributed by atoms with van der Waals surface area (Å²) in [6.07, 6.45) is 1.09. The maximum absolute atomic E-state index is 13.1. The monoisotopic (exact) mass is 448 g/mol. The van der Waals surface area contributed by atoms with E-state index in [0.29, 0.717) is 53.2 Å². The largest absolute Gasteiger partial charge is 0.486 e. The standard InChI is InChI=1S/C22H22Cl2N2O4/c1-25(12-15-13-29-19-6-2-3-7-20(19)30-15)22(28)18-5-4-10-26(18)21(27)16-11-14(23)8-9-17(16)24/h2-3,6-9,11,15,18H,4-5,10,12-13H2,1H3. The molecular formula is C22H22Cl2N2O4. The van der Waals surface area contributed by atoms with Crippen molar-refractivity contribution < 1.29 is 19.1 Å². The molecule has 0 saturated carbocycles. The van der Waals surface area contributed by atoms with Gasteiger partial charge < -0.3 is 19.3 Å². The molecule has 0 aliphatic carbocycles. The third-order valence-electron chi connectivity index (χ3n) is 5.38. The van der Waals surface area contributed by atoms with Crippen molar-refractivity contribution in [2.24, 2.45) is 0 Å². The molecule has 2 aliphatic heterocycles. The number of rotatable bonds is 4. The number of carbonyl (C=O) groups excluding carboxylic acids is 2. The zero-order valence-corrected chi connectivity index (χ0v) is 18.0. The van der Waals surface area contributed by atoms with E-state index in [0.717, 1.165) is 6.42 Å². The zero-order valence-electron chi connectivity index (χ0n) is 16.5. The fourth-order valence-electron chi connectivity index (χ4n) is 3.89. The molecule has 2 heterocycles. The highest BCUT2D eigenvalue weighted by Crippen LogP contribution is 2.31. The van der Waals surface area contributed by atoms with Crippen molar-refractivity contribution in [3.8, 4) is 11.5 Å². The highest BCUT2D eigenvalue weighted by molar-refractivity contribution is 6.35. The van der Waals surface area contributed by atoms with Gasteiger partial charge in [0, 0.05) is 18.6 Å². The summed E-state index contributed by atoms with van der Waals surface area (Å²) in [6.45, 7) is 1.23. The van der Waals surface area contributed by atoms with E-state index in [4.69, 9.17) is 32.7 Å². The predicted octanol–water partition coefficient (Wildman–Crippen LogP) is 3.90. The molecule has 0 radical (unpaired) electrons. The van der Waals surface area contributed by atoms with Crippen molar-refractivity contribution in [2.45, 2.75) is 25.0 Å². The average molecular weight is 449 g/mol. The normalized spacial score (nSPS) is 20.2. The number of amides is 2. The van der Waals surface area contributed by atoms with E-state index >= 15 is 0 Å². The number of fused-ring (bicyclic) bond motifs is 1. The topological polar surface area (TPSA) is 59.1 Å². The van der Waals surface area contributed by atoms with Crippen LogP contribution in [0.25, 0.3) is 0 Å². The summed E-state index contributed by atoms with van der Waals surface area (Å²) in [5, 5.41) is 0.749. The second-order valence-corrected chi connectivity index (χ2v) is 8.34. The molecule has 0 N–H and O–H groups in total. The summed E-state index contributed by atoms with van der Waals surface area (Å²) in [4.78, 5) is 29.4. The molecule has 1 saturated heterocycles. The molecule has 6 nitrogen and oxygen atoms in total. The second kappa shape index (κ2) is 8.74. The van der Waals surface area contributed by atoms with Crippen LogP contribution in [0.1, 0.15) is 23.2 Å². The number of nitrogens with zero attached hydrogens (tertiary/aromatic N) is 2. The van der Waals surface area contributed by atoms with Crippen LogP contribution in [-0.2, 0) is 4.79 Å². The van der Waals surface area contributed by atoms with Gasteiger partial charge in [-0.3, -0.25) is 9.59 Å². The summed E-state index contributed by atoms with van der Waals surface area (Å²) in [6, 6.07) is 11.7. The quantitative estimate of drug-likeness (QED) is 0.711. The Labute approximate surface area is 185 Å². The number of benzene rings is 2. The van der Waals surface area contributed by atoms with E-state index in [1.165, 1.54) is 0 Å². The van der Waals surface area contributed by atoms with Crippen LogP contribution in [0.3, 0.4) is 0 Å². The molecule has 0 aromatic heterocycles. The fraction of sp³-hybridized carbons (Fsp3) is 0.364. The Bertz CT molecular complexity index is 968. The van der Waals surface area contributed by atoms with Gasteiger partial charge in [-0.2, -0.15) is 0 Å². The Balaban J connectivity index is 1.43. The predicted molar refractivity (Wildman–Crippen MR) is 115 cm³/mol. The summed E-state index contributed by atoms with van der Waals surface area (Å²) < 4.78 is 11.7. The molecule has 2 amide bonds. The number of likely N-dealkylation sites (N-methyl/N-ethyl adjacent to an activating group) is 1. The Morgan fingerprint density at radius 2 is 1.93 bits per heavy atom. The van der Waals surface area contributed by atoms with Crippen LogP contribution in [0.2, 0.25) is 10.0 Å². The van der Waals surface area contributed by atoms with Gasteiger partial charge in [0.25, 0.3) is 5.91 Å². The molecule has 4 rings (SSSR count). The molecule has 2 aromatic rings. The summed E-state index contributed by atoms with van der Waals surface area (Å²) in [5.74, 6) is 0.968. The fourth-order valence-corrected chi connectivity index (χ4v) is 4.26. The number of ether oxygens (including phenoxy) is 2. The SMILES string of the molecule is CN(CC1COc2ccccc2O1)C(=O)C1CCCN1C(=O)c1cc(Cl)ccc1Cl. The van der Waals surface area contributed by atoms with Gasteiger partial charge in [-0.15, -0.1) is 0 Å². The highest BCUT2D eigenvalue weighted by atomic mass is 35.5. The van der Waals surface area contributed by atoms with Crippen molar-refractivity contribution in [3.05, 3.63) is 58.1 Å². The first-order chi connectivity index (χ1) is 14.4. The first kappa shape index (κ1) is 20.8. The molecule has 0 spiro atoms. The zero-order chi connectivity index (χ0) is 21.3. The molecule has 2 unspecified atom stereocenters. The van der Waals surface area contributed by atoms with E-state index in [1.807, 2.05) is 24.3 Å². The van der Waals surface area contributed by atoms with E-state index in [-0.39, 0.29) is 17.9 Å². The Morgan fingerprint density at radius 1 is 1.17 bits per heavy atom. The van der Waals surface area contributed by atoms with E-state index in [1.54, 1.807) is 35.0 Å². The summed E-state index contributed by atoms with van der Waals surface area (Å²) >= 11 is 12.2. The first-order valence-electron chi connectivity index (χ1n) is 9.83.